The van der Waals surface area contributed by atoms with Gasteiger partial charge in [0.2, 0.25) is 5.95 Å². The maximum absolute atomic E-state index is 13.4. The second-order valence-electron chi connectivity index (χ2n) is 5.16. The lowest BCUT2D eigenvalue weighted by atomic mass is 10.1. The molecule has 2 aromatic rings. The van der Waals surface area contributed by atoms with Crippen molar-refractivity contribution >= 4 is 16.6 Å². The summed E-state index contributed by atoms with van der Waals surface area (Å²) < 4.78 is 18.9. The number of halogens is 1. The lowest BCUT2D eigenvalue weighted by molar-refractivity contribution is 0.418. The fourth-order valence-electron chi connectivity index (χ4n) is 2.82. The number of nitrogens with two attached hydrogens (primary N) is 1. The molecule has 1 aromatic carbocycles. The normalized spacial score (nSPS) is 18.8. The molecule has 1 saturated heterocycles. The molecule has 3 rings (SSSR count). The number of nitrogens with zero attached hydrogens (tertiary/aromatic N) is 2. The zero-order valence-electron chi connectivity index (χ0n) is 11.5. The lowest BCUT2D eigenvalue weighted by Crippen LogP contribution is -2.23. The first-order valence-corrected chi connectivity index (χ1v) is 6.81. The van der Waals surface area contributed by atoms with Gasteiger partial charge in [-0.3, -0.25) is 0 Å². The molecular weight excluding hydrogens is 257 g/mol. The van der Waals surface area contributed by atoms with Crippen molar-refractivity contribution < 1.29 is 9.13 Å². The summed E-state index contributed by atoms with van der Waals surface area (Å²) in [6.07, 6.45) is 1.08. The van der Waals surface area contributed by atoms with Crippen LogP contribution in [0, 0.1) is 11.9 Å². The van der Waals surface area contributed by atoms with E-state index in [1.54, 1.807) is 13.2 Å². The van der Waals surface area contributed by atoms with E-state index < -0.39 is 5.95 Å². The van der Waals surface area contributed by atoms with Crippen molar-refractivity contribution in [3.63, 3.8) is 0 Å². The number of ether oxygens (including phenoxy) is 1. The molecule has 4 nitrogen and oxygen atoms in total. The molecule has 0 spiro atoms. The Morgan fingerprint density at radius 3 is 2.90 bits per heavy atom. The van der Waals surface area contributed by atoms with Crippen LogP contribution in [0.1, 0.15) is 6.42 Å². The van der Waals surface area contributed by atoms with Crippen molar-refractivity contribution in [2.24, 2.45) is 11.7 Å². The molecule has 0 bridgehead atoms. The summed E-state index contributed by atoms with van der Waals surface area (Å²) >= 11 is 0. The van der Waals surface area contributed by atoms with Crippen molar-refractivity contribution in [3.05, 3.63) is 30.2 Å². The fourth-order valence-corrected chi connectivity index (χ4v) is 2.82. The highest BCUT2D eigenvalue weighted by atomic mass is 19.1. The first-order chi connectivity index (χ1) is 9.72. The third-order valence-corrected chi connectivity index (χ3v) is 3.92. The highest BCUT2D eigenvalue weighted by Gasteiger charge is 2.24. The SMILES string of the molecule is COc1c(N2CCC(CN)C2)ccc2ccc(F)nc12. The molecule has 1 atom stereocenters. The zero-order valence-corrected chi connectivity index (χ0v) is 11.5. The Morgan fingerprint density at radius 2 is 2.20 bits per heavy atom. The van der Waals surface area contributed by atoms with Gasteiger partial charge < -0.3 is 15.4 Å². The number of anilines is 1. The van der Waals surface area contributed by atoms with Crippen LogP contribution in [0.4, 0.5) is 10.1 Å². The predicted octanol–water partition coefficient (Wildman–Crippen LogP) is 2.17. The summed E-state index contributed by atoms with van der Waals surface area (Å²) in [6.45, 7) is 2.55. The maximum atomic E-state index is 13.4. The van der Waals surface area contributed by atoms with Gasteiger partial charge in [0.25, 0.3) is 0 Å². The molecule has 20 heavy (non-hydrogen) atoms. The van der Waals surface area contributed by atoms with E-state index >= 15 is 0 Å². The van der Waals surface area contributed by atoms with E-state index in [0.717, 1.165) is 30.6 Å². The number of hydrogen-bond acceptors (Lipinski definition) is 4. The fraction of sp³-hybridized carbons (Fsp3) is 0.400. The highest BCUT2D eigenvalue weighted by Crippen LogP contribution is 2.37. The Bertz CT molecular complexity index is 632. The largest absolute Gasteiger partial charge is 0.492 e. The number of rotatable bonds is 3. The molecule has 0 aliphatic carbocycles. The molecule has 1 aromatic heterocycles. The smallest absolute Gasteiger partial charge is 0.213 e. The van der Waals surface area contributed by atoms with Crippen molar-refractivity contribution in [2.75, 3.05) is 31.6 Å². The number of benzene rings is 1. The van der Waals surface area contributed by atoms with Gasteiger partial charge in [0.05, 0.1) is 12.8 Å². The first-order valence-electron chi connectivity index (χ1n) is 6.81. The van der Waals surface area contributed by atoms with Crippen molar-refractivity contribution in [1.82, 2.24) is 4.98 Å². The van der Waals surface area contributed by atoms with E-state index in [1.165, 1.54) is 6.07 Å². The quantitative estimate of drug-likeness (QED) is 0.872. The van der Waals surface area contributed by atoms with E-state index in [0.29, 0.717) is 23.7 Å². The monoisotopic (exact) mass is 275 g/mol. The molecule has 0 radical (unpaired) electrons. The number of aromatic nitrogens is 1. The Morgan fingerprint density at radius 1 is 1.40 bits per heavy atom. The molecule has 106 valence electrons. The van der Waals surface area contributed by atoms with Gasteiger partial charge in [0.15, 0.2) is 5.75 Å². The van der Waals surface area contributed by atoms with Gasteiger partial charge >= 0.3 is 0 Å². The van der Waals surface area contributed by atoms with Crippen molar-refractivity contribution in [3.8, 4) is 5.75 Å². The van der Waals surface area contributed by atoms with Gasteiger partial charge in [-0.15, -0.1) is 0 Å². The van der Waals surface area contributed by atoms with Gasteiger partial charge in [-0.2, -0.15) is 4.39 Å². The third kappa shape index (κ3) is 2.18. The highest BCUT2D eigenvalue weighted by molar-refractivity contribution is 5.90. The van der Waals surface area contributed by atoms with Crippen LogP contribution in [0.5, 0.6) is 5.75 Å². The van der Waals surface area contributed by atoms with Gasteiger partial charge in [0, 0.05) is 18.5 Å². The predicted molar refractivity (Wildman–Crippen MR) is 77.6 cm³/mol. The first kappa shape index (κ1) is 13.1. The molecule has 1 aliphatic rings. The molecule has 0 amide bonds. The Labute approximate surface area is 117 Å². The molecule has 1 unspecified atom stereocenters. The standard InChI is InChI=1S/C15H18FN3O/c1-20-15-12(19-7-6-10(8-17)9-19)4-2-11-3-5-13(16)18-14(11)15/h2-5,10H,6-9,17H2,1H3. The summed E-state index contributed by atoms with van der Waals surface area (Å²) in [4.78, 5) is 6.21. The van der Waals surface area contributed by atoms with Gasteiger partial charge in [-0.05, 0) is 37.1 Å². The minimum absolute atomic E-state index is 0.491. The molecule has 5 heteroatoms. The van der Waals surface area contributed by atoms with Gasteiger partial charge in [-0.1, -0.05) is 6.07 Å². The van der Waals surface area contributed by atoms with Crippen molar-refractivity contribution in [2.45, 2.75) is 6.42 Å². The number of methoxy groups -OCH3 is 1. The van der Waals surface area contributed by atoms with Crippen LogP contribution in [0.3, 0.4) is 0 Å². The summed E-state index contributed by atoms with van der Waals surface area (Å²) in [5.74, 6) is 0.657. The average molecular weight is 275 g/mol. The maximum Gasteiger partial charge on any atom is 0.213 e. The van der Waals surface area contributed by atoms with E-state index in [2.05, 4.69) is 9.88 Å². The summed E-state index contributed by atoms with van der Waals surface area (Å²) in [5.41, 5.74) is 7.27. The molecule has 1 aliphatic heterocycles. The molecule has 0 saturated carbocycles. The topological polar surface area (TPSA) is 51.4 Å². The third-order valence-electron chi connectivity index (χ3n) is 3.92. The number of pyridine rings is 1. The van der Waals surface area contributed by atoms with Crippen LogP contribution in [0.25, 0.3) is 10.9 Å². The van der Waals surface area contributed by atoms with Crippen LogP contribution in [0.2, 0.25) is 0 Å². The molecule has 2 N–H and O–H groups in total. The van der Waals surface area contributed by atoms with Gasteiger partial charge in [-0.25, -0.2) is 4.98 Å². The molecular formula is C15H18FN3O. The Kier molecular flexibility index (Phi) is 3.44. The second kappa shape index (κ2) is 5.25. The van der Waals surface area contributed by atoms with E-state index in [-0.39, 0.29) is 0 Å². The summed E-state index contributed by atoms with van der Waals surface area (Å²) in [6, 6.07) is 7.05. The lowest BCUT2D eigenvalue weighted by Gasteiger charge is -2.22. The number of fused-ring (bicyclic) bond motifs is 1. The van der Waals surface area contributed by atoms with Crippen LogP contribution in [-0.2, 0) is 0 Å². The molecule has 2 heterocycles. The van der Waals surface area contributed by atoms with Gasteiger partial charge in [0.1, 0.15) is 5.52 Å². The van der Waals surface area contributed by atoms with E-state index in [4.69, 9.17) is 10.5 Å². The summed E-state index contributed by atoms with van der Waals surface area (Å²) in [7, 11) is 1.60. The Hall–Kier alpha value is -1.88. The summed E-state index contributed by atoms with van der Waals surface area (Å²) in [5, 5.41) is 0.876. The van der Waals surface area contributed by atoms with Crippen LogP contribution in [0.15, 0.2) is 24.3 Å². The van der Waals surface area contributed by atoms with Crippen LogP contribution in [-0.4, -0.2) is 31.7 Å². The van der Waals surface area contributed by atoms with E-state index in [9.17, 15) is 4.39 Å². The average Bonchev–Trinajstić information content (AvgIpc) is 2.94. The molecule has 1 fully saturated rings. The minimum Gasteiger partial charge on any atom is -0.492 e. The van der Waals surface area contributed by atoms with Crippen LogP contribution >= 0.6 is 0 Å². The van der Waals surface area contributed by atoms with E-state index in [1.807, 2.05) is 12.1 Å². The zero-order chi connectivity index (χ0) is 14.1. The number of hydrogen-bond donors (Lipinski definition) is 1. The Balaban J connectivity index is 2.07. The van der Waals surface area contributed by atoms with Crippen molar-refractivity contribution in [1.29, 1.82) is 0 Å². The van der Waals surface area contributed by atoms with Crippen LogP contribution < -0.4 is 15.4 Å². The minimum atomic E-state index is -0.491. The second-order valence-corrected chi connectivity index (χ2v) is 5.16.